The first-order chi connectivity index (χ1) is 21.5. The SMILES string of the molecule is Cc1cn([C@@]2([Si](c3ccccc3)c3ccccc3)C[C@H](OC(C)(C)C)[C@@H](CON3C(=O)c4ccccc4C3=O)O2)c(=O)[nH]c1=O. The van der Waals surface area contributed by atoms with Crippen LogP contribution in [-0.4, -0.2) is 59.6 Å². The normalized spacial score (nSPS) is 21.5. The Morgan fingerprint density at radius 2 is 1.40 bits per heavy atom. The van der Waals surface area contributed by atoms with Crippen LogP contribution in [0, 0.1) is 6.92 Å². The molecule has 6 rings (SSSR count). The number of carbonyl (C=O) groups excluding carboxylic acids is 2. The zero-order chi connectivity index (χ0) is 31.9. The van der Waals surface area contributed by atoms with E-state index in [1.807, 2.05) is 81.4 Å². The largest absolute Gasteiger partial charge is 0.370 e. The summed E-state index contributed by atoms with van der Waals surface area (Å²) in [5, 5.41) is 1.39. The minimum absolute atomic E-state index is 0.205. The van der Waals surface area contributed by atoms with Gasteiger partial charge in [-0.15, -0.1) is 5.06 Å². The maximum atomic E-state index is 13.7. The van der Waals surface area contributed by atoms with Gasteiger partial charge >= 0.3 is 5.69 Å². The number of hydrogen-bond donors (Lipinski definition) is 1. The molecule has 0 bridgehead atoms. The van der Waals surface area contributed by atoms with Crippen molar-refractivity contribution in [1.82, 2.24) is 14.6 Å². The summed E-state index contributed by atoms with van der Waals surface area (Å²) >= 11 is 0. The van der Waals surface area contributed by atoms with Gasteiger partial charge in [0.25, 0.3) is 17.4 Å². The van der Waals surface area contributed by atoms with E-state index in [0.717, 1.165) is 15.4 Å². The number of hydroxylamine groups is 2. The van der Waals surface area contributed by atoms with E-state index in [1.54, 1.807) is 37.4 Å². The number of amides is 2. The zero-order valence-electron chi connectivity index (χ0n) is 25.5. The number of ether oxygens (including phenoxy) is 2. The minimum Gasteiger partial charge on any atom is -0.370 e. The zero-order valence-corrected chi connectivity index (χ0v) is 26.5. The van der Waals surface area contributed by atoms with Gasteiger partial charge in [0, 0.05) is 18.2 Å². The molecule has 2 amide bonds. The van der Waals surface area contributed by atoms with Crippen molar-refractivity contribution in [1.29, 1.82) is 0 Å². The van der Waals surface area contributed by atoms with E-state index >= 15 is 0 Å². The third-order valence-electron chi connectivity index (χ3n) is 7.89. The summed E-state index contributed by atoms with van der Waals surface area (Å²) < 4.78 is 15.1. The molecular weight excluding hydrogens is 590 g/mol. The molecule has 0 aliphatic carbocycles. The van der Waals surface area contributed by atoms with Crippen molar-refractivity contribution in [2.24, 2.45) is 0 Å². The van der Waals surface area contributed by atoms with Gasteiger partial charge in [0.1, 0.15) is 18.1 Å². The first-order valence-corrected chi connectivity index (χ1v) is 16.3. The van der Waals surface area contributed by atoms with Gasteiger partial charge < -0.3 is 9.47 Å². The van der Waals surface area contributed by atoms with Gasteiger partial charge in [0.15, 0.2) is 8.80 Å². The lowest BCUT2D eigenvalue weighted by atomic mass is 10.1. The molecule has 231 valence electrons. The summed E-state index contributed by atoms with van der Waals surface area (Å²) in [7, 11) is -2.03. The second-order valence-electron chi connectivity index (χ2n) is 12.2. The number of carbonyl (C=O) groups is 2. The maximum absolute atomic E-state index is 13.7. The number of rotatable bonds is 8. The molecule has 3 atom stereocenters. The highest BCUT2D eigenvalue weighted by atomic mass is 28.3. The standard InChI is InChI=1S/C34H34N3O7Si/c1-22-20-36(32(41)35-29(22)38)34(45(23-13-7-5-8-14-23)24-15-9-6-10-16-24)19-27(43-33(2,3)4)28(44-34)21-42-37-30(39)25-17-11-12-18-26(25)31(37)40/h5-18,20,27-28H,19,21H2,1-4H3,(H,35,38,41)/t27-,28+,34-/m0/s1. The van der Waals surface area contributed by atoms with Gasteiger partial charge in [-0.05, 0) is 39.8 Å². The summed E-state index contributed by atoms with van der Waals surface area (Å²) in [6, 6.07) is 26.2. The lowest BCUT2D eigenvalue weighted by Gasteiger charge is -2.38. The Hall–Kier alpha value is -4.42. The molecule has 0 unspecified atom stereocenters. The van der Waals surface area contributed by atoms with Crippen molar-refractivity contribution in [3.63, 3.8) is 0 Å². The third-order valence-corrected chi connectivity index (χ3v) is 11.1. The van der Waals surface area contributed by atoms with Crippen LogP contribution in [-0.2, 0) is 19.7 Å². The predicted octanol–water partition coefficient (Wildman–Crippen LogP) is 2.55. The van der Waals surface area contributed by atoms with Gasteiger partial charge in [-0.3, -0.25) is 28.8 Å². The van der Waals surface area contributed by atoms with E-state index in [-0.39, 0.29) is 24.2 Å². The molecule has 1 N–H and O–H groups in total. The third kappa shape index (κ3) is 5.75. The lowest BCUT2D eigenvalue weighted by Crippen LogP contribution is -2.64. The van der Waals surface area contributed by atoms with Gasteiger partial charge in [-0.25, -0.2) is 4.79 Å². The molecule has 4 aromatic rings. The van der Waals surface area contributed by atoms with Crippen LogP contribution in [0.3, 0.4) is 0 Å². The number of nitrogens with one attached hydrogen (secondary N) is 1. The summed E-state index contributed by atoms with van der Waals surface area (Å²) in [5.74, 6) is -1.11. The monoisotopic (exact) mass is 624 g/mol. The highest BCUT2D eigenvalue weighted by Gasteiger charge is 2.57. The summed E-state index contributed by atoms with van der Waals surface area (Å²) in [6.07, 6.45) is 0.343. The highest BCUT2D eigenvalue weighted by molar-refractivity contribution is 6.86. The molecule has 0 saturated carbocycles. The van der Waals surface area contributed by atoms with E-state index in [0.29, 0.717) is 5.56 Å². The van der Waals surface area contributed by atoms with Crippen LogP contribution in [0.25, 0.3) is 0 Å². The molecule has 10 nitrogen and oxygen atoms in total. The number of aromatic nitrogens is 2. The Morgan fingerprint density at radius 1 is 0.867 bits per heavy atom. The second kappa shape index (κ2) is 11.8. The Labute approximate surface area is 261 Å². The quantitative estimate of drug-likeness (QED) is 0.236. The summed E-state index contributed by atoms with van der Waals surface area (Å²) in [6.45, 7) is 7.20. The number of benzene rings is 3. The van der Waals surface area contributed by atoms with Crippen molar-refractivity contribution in [2.75, 3.05) is 6.61 Å². The molecule has 1 aromatic heterocycles. The smallest absolute Gasteiger partial charge is 0.330 e. The van der Waals surface area contributed by atoms with Crippen LogP contribution in [0.1, 0.15) is 53.5 Å². The summed E-state index contributed by atoms with van der Waals surface area (Å²) in [5.41, 5.74) is -0.835. The Kier molecular flexibility index (Phi) is 8.04. The number of aromatic amines is 1. The van der Waals surface area contributed by atoms with Gasteiger partial charge in [0.2, 0.25) is 0 Å². The molecule has 1 fully saturated rings. The maximum Gasteiger partial charge on any atom is 0.330 e. The average molecular weight is 625 g/mol. The van der Waals surface area contributed by atoms with E-state index in [1.165, 1.54) is 4.57 Å². The summed E-state index contributed by atoms with van der Waals surface area (Å²) in [4.78, 5) is 60.8. The molecule has 3 heterocycles. The van der Waals surface area contributed by atoms with Crippen LogP contribution >= 0.6 is 0 Å². The van der Waals surface area contributed by atoms with Crippen molar-refractivity contribution in [2.45, 2.75) is 57.3 Å². The fraction of sp³-hybridized carbons (Fsp3) is 0.294. The number of H-pyrrole nitrogens is 1. The van der Waals surface area contributed by atoms with Crippen molar-refractivity contribution in [3.05, 3.63) is 129 Å². The van der Waals surface area contributed by atoms with E-state index in [2.05, 4.69) is 4.98 Å². The lowest BCUT2D eigenvalue weighted by molar-refractivity contribution is -0.164. The molecule has 11 heteroatoms. The minimum atomic E-state index is -2.03. The fourth-order valence-corrected chi connectivity index (χ4v) is 9.39. The number of aryl methyl sites for hydroxylation is 1. The topological polar surface area (TPSA) is 120 Å². The fourth-order valence-electron chi connectivity index (χ4n) is 6.02. The van der Waals surface area contributed by atoms with Crippen LogP contribution in [0.15, 0.2) is 101 Å². The van der Waals surface area contributed by atoms with E-state index in [9.17, 15) is 19.2 Å². The molecule has 3 aromatic carbocycles. The average Bonchev–Trinajstić information content (AvgIpc) is 3.48. The van der Waals surface area contributed by atoms with Gasteiger partial charge in [-0.2, -0.15) is 0 Å². The molecule has 45 heavy (non-hydrogen) atoms. The first kappa shape index (κ1) is 30.6. The number of fused-ring (bicyclic) bond motifs is 1. The molecule has 1 radical (unpaired) electrons. The number of hydrogen-bond acceptors (Lipinski definition) is 7. The second-order valence-corrected chi connectivity index (χ2v) is 14.9. The van der Waals surface area contributed by atoms with Crippen molar-refractivity contribution >= 4 is 31.0 Å². The Bertz CT molecular complexity index is 1780. The number of imide groups is 1. The van der Waals surface area contributed by atoms with Crippen molar-refractivity contribution < 1.29 is 23.9 Å². The Balaban J connectivity index is 1.48. The van der Waals surface area contributed by atoms with Gasteiger partial charge in [-0.1, -0.05) is 83.2 Å². The van der Waals surface area contributed by atoms with Crippen LogP contribution < -0.4 is 21.6 Å². The van der Waals surface area contributed by atoms with Crippen LogP contribution in [0.2, 0.25) is 0 Å². The molecular formula is C34H34N3O7Si. The van der Waals surface area contributed by atoms with E-state index < -0.39 is 55.0 Å². The molecule has 1 saturated heterocycles. The van der Waals surface area contributed by atoms with Gasteiger partial charge in [0.05, 0.1) is 22.8 Å². The highest BCUT2D eigenvalue weighted by Crippen LogP contribution is 2.40. The van der Waals surface area contributed by atoms with Crippen LogP contribution in [0.5, 0.6) is 0 Å². The molecule has 0 spiro atoms. The van der Waals surface area contributed by atoms with Crippen LogP contribution in [0.4, 0.5) is 0 Å². The van der Waals surface area contributed by atoms with Crippen molar-refractivity contribution in [3.8, 4) is 0 Å². The molecule has 2 aliphatic rings. The number of nitrogens with zero attached hydrogens (tertiary/aromatic N) is 2. The Morgan fingerprint density at radius 3 is 1.93 bits per heavy atom. The predicted molar refractivity (Wildman–Crippen MR) is 169 cm³/mol. The van der Waals surface area contributed by atoms with E-state index in [4.69, 9.17) is 14.3 Å². The molecule has 2 aliphatic heterocycles. The first-order valence-electron chi connectivity index (χ1n) is 14.8.